The van der Waals surface area contributed by atoms with Crippen LogP contribution in [-0.2, 0) is 5.11 Å². The minimum Gasteiger partial charge on any atom is -0.225 e. The first-order valence-corrected chi connectivity index (χ1v) is 3.95. The Hall–Kier alpha value is -0.560. The lowest BCUT2D eigenvalue weighted by Crippen LogP contribution is -2.17. The van der Waals surface area contributed by atoms with Gasteiger partial charge in [-0.1, -0.05) is 17.7 Å². The van der Waals surface area contributed by atoms with Crippen molar-refractivity contribution >= 4 is 0 Å². The van der Waals surface area contributed by atoms with Gasteiger partial charge in [-0.3, -0.25) is 0 Å². The molecule has 0 aliphatic heterocycles. The molecule has 0 saturated heterocycles. The Morgan fingerprint density at radius 3 is 2.45 bits per heavy atom. The van der Waals surface area contributed by atoms with Crippen molar-refractivity contribution in [1.82, 2.24) is 0 Å². The van der Waals surface area contributed by atoms with E-state index >= 15 is 0 Å². The third-order valence-electron chi connectivity index (χ3n) is 1.63. The number of hydrogen-bond acceptors (Lipinski definition) is 0. The molecular formula is C10H17O. The predicted molar refractivity (Wildman–Crippen MR) is 48.0 cm³/mol. The van der Waals surface area contributed by atoms with Gasteiger partial charge in [0.25, 0.3) is 0 Å². The van der Waals surface area contributed by atoms with E-state index < -0.39 is 5.60 Å². The van der Waals surface area contributed by atoms with Crippen LogP contribution in [0.3, 0.4) is 0 Å². The third kappa shape index (κ3) is 5.86. The molecule has 0 aromatic rings. The largest absolute Gasteiger partial charge is 0.225 e. The van der Waals surface area contributed by atoms with Crippen molar-refractivity contribution in [3.05, 3.63) is 24.3 Å². The molecule has 11 heavy (non-hydrogen) atoms. The average Bonchev–Trinajstić information content (AvgIpc) is 1.87. The average molecular weight is 153 g/mol. The van der Waals surface area contributed by atoms with Crippen LogP contribution in [0.2, 0.25) is 0 Å². The second-order valence-electron chi connectivity index (χ2n) is 3.34. The number of hydrogen-bond donors (Lipinski definition) is 0. The molecule has 0 spiro atoms. The van der Waals surface area contributed by atoms with Crippen molar-refractivity contribution in [2.75, 3.05) is 0 Å². The van der Waals surface area contributed by atoms with Gasteiger partial charge in [-0.15, -0.1) is 6.58 Å². The maximum Gasteiger partial charge on any atom is 0.119 e. The van der Waals surface area contributed by atoms with E-state index in [1.807, 2.05) is 13.8 Å². The van der Waals surface area contributed by atoms with E-state index in [4.69, 9.17) is 0 Å². The Morgan fingerprint density at radius 1 is 1.55 bits per heavy atom. The number of allylic oxidation sites excluding steroid dienone is 2. The lowest BCUT2D eigenvalue weighted by molar-refractivity contribution is 0.0251. The van der Waals surface area contributed by atoms with Crippen LogP contribution in [0.15, 0.2) is 24.3 Å². The van der Waals surface area contributed by atoms with Gasteiger partial charge in [0.05, 0.1) is 0 Å². The van der Waals surface area contributed by atoms with Crippen LogP contribution in [0.1, 0.15) is 33.6 Å². The molecule has 0 amide bonds. The highest BCUT2D eigenvalue weighted by Gasteiger charge is 2.15. The summed E-state index contributed by atoms with van der Waals surface area (Å²) in [7, 11) is 0. The van der Waals surface area contributed by atoms with Crippen LogP contribution < -0.4 is 0 Å². The molecule has 1 atom stereocenters. The quantitative estimate of drug-likeness (QED) is 0.553. The Labute approximate surface area is 69.4 Å². The van der Waals surface area contributed by atoms with Crippen molar-refractivity contribution < 1.29 is 5.11 Å². The third-order valence-corrected chi connectivity index (χ3v) is 1.63. The second-order valence-corrected chi connectivity index (χ2v) is 3.34. The normalized spacial score (nSPS) is 15.3. The Kier molecular flexibility index (Phi) is 4.12. The Morgan fingerprint density at radius 2 is 2.09 bits per heavy atom. The van der Waals surface area contributed by atoms with E-state index in [0.717, 1.165) is 6.42 Å². The van der Waals surface area contributed by atoms with Crippen molar-refractivity contribution in [3.8, 4) is 0 Å². The summed E-state index contributed by atoms with van der Waals surface area (Å²) in [6.07, 6.45) is 5.06. The van der Waals surface area contributed by atoms with Crippen molar-refractivity contribution in [2.24, 2.45) is 0 Å². The van der Waals surface area contributed by atoms with E-state index in [0.29, 0.717) is 6.42 Å². The first-order valence-electron chi connectivity index (χ1n) is 3.95. The van der Waals surface area contributed by atoms with Gasteiger partial charge in [-0.25, -0.2) is 5.11 Å². The van der Waals surface area contributed by atoms with Crippen LogP contribution in [-0.4, -0.2) is 5.60 Å². The maximum atomic E-state index is 11.3. The molecule has 0 aliphatic carbocycles. The summed E-state index contributed by atoms with van der Waals surface area (Å²) < 4.78 is 0. The highest BCUT2D eigenvalue weighted by Crippen LogP contribution is 2.14. The van der Waals surface area contributed by atoms with Gasteiger partial charge in [-0.2, -0.15) is 0 Å². The first kappa shape index (κ1) is 10.4. The smallest absolute Gasteiger partial charge is 0.119 e. The summed E-state index contributed by atoms with van der Waals surface area (Å²) in [5, 5.41) is 11.3. The maximum absolute atomic E-state index is 11.3. The monoisotopic (exact) mass is 153 g/mol. The topological polar surface area (TPSA) is 19.9 Å². The zero-order valence-electron chi connectivity index (χ0n) is 7.68. The fraction of sp³-hybridized carbons (Fsp3) is 0.600. The summed E-state index contributed by atoms with van der Waals surface area (Å²) in [6, 6.07) is 0. The van der Waals surface area contributed by atoms with Crippen LogP contribution in [0.5, 0.6) is 0 Å². The minimum absolute atomic E-state index is 0.641. The van der Waals surface area contributed by atoms with Gasteiger partial charge in [0.15, 0.2) is 0 Å². The zero-order valence-corrected chi connectivity index (χ0v) is 7.68. The fourth-order valence-corrected chi connectivity index (χ4v) is 0.750. The van der Waals surface area contributed by atoms with E-state index in [9.17, 15) is 5.11 Å². The molecule has 0 bridgehead atoms. The van der Waals surface area contributed by atoms with Gasteiger partial charge in [0, 0.05) is 0 Å². The molecular weight excluding hydrogens is 136 g/mol. The standard InChI is InChI=1S/C10H17O/c1-5-10(4,11)8-6-7-9(2)3/h5,7H,1,6,8H2,2-4H3. The molecule has 0 rings (SSSR count). The SMILES string of the molecule is C=CC(C)([O])CCC=C(C)C. The molecule has 1 heteroatoms. The summed E-state index contributed by atoms with van der Waals surface area (Å²) >= 11 is 0. The molecule has 0 aromatic carbocycles. The van der Waals surface area contributed by atoms with Crippen LogP contribution in [0.4, 0.5) is 0 Å². The second kappa shape index (κ2) is 4.35. The van der Waals surface area contributed by atoms with Crippen LogP contribution in [0, 0.1) is 0 Å². The van der Waals surface area contributed by atoms with E-state index in [1.165, 1.54) is 11.6 Å². The number of rotatable bonds is 4. The summed E-state index contributed by atoms with van der Waals surface area (Å²) in [5.41, 5.74) is 0.316. The van der Waals surface area contributed by atoms with Crippen LogP contribution in [0.25, 0.3) is 0 Å². The molecule has 1 radical (unpaired) electrons. The fourth-order valence-electron chi connectivity index (χ4n) is 0.750. The van der Waals surface area contributed by atoms with Crippen molar-refractivity contribution in [3.63, 3.8) is 0 Å². The molecule has 0 aliphatic rings. The summed E-state index contributed by atoms with van der Waals surface area (Å²) in [6.45, 7) is 9.24. The van der Waals surface area contributed by atoms with Gasteiger partial charge in [0.2, 0.25) is 0 Å². The van der Waals surface area contributed by atoms with Crippen molar-refractivity contribution in [1.29, 1.82) is 0 Å². The molecule has 0 heterocycles. The zero-order chi connectivity index (χ0) is 8.91. The predicted octanol–water partition coefficient (Wildman–Crippen LogP) is 3.11. The molecule has 63 valence electrons. The van der Waals surface area contributed by atoms with Gasteiger partial charge in [-0.05, 0) is 33.6 Å². The Bertz CT molecular complexity index is 150. The molecule has 1 nitrogen and oxygen atoms in total. The Balaban J connectivity index is 3.71. The first-order chi connectivity index (χ1) is 4.98. The van der Waals surface area contributed by atoms with Crippen LogP contribution >= 0.6 is 0 Å². The lowest BCUT2D eigenvalue weighted by atomic mass is 10.00. The molecule has 0 aromatic heterocycles. The van der Waals surface area contributed by atoms with Gasteiger partial charge >= 0.3 is 0 Å². The molecule has 0 fully saturated rings. The van der Waals surface area contributed by atoms with E-state index in [2.05, 4.69) is 12.7 Å². The highest BCUT2D eigenvalue weighted by atomic mass is 16.3. The van der Waals surface area contributed by atoms with Gasteiger partial charge in [0.1, 0.15) is 5.60 Å². The summed E-state index contributed by atoms with van der Waals surface area (Å²) in [4.78, 5) is 0. The highest BCUT2D eigenvalue weighted by molar-refractivity contribution is 4.97. The molecule has 1 unspecified atom stereocenters. The van der Waals surface area contributed by atoms with E-state index in [1.54, 1.807) is 6.92 Å². The molecule has 0 N–H and O–H groups in total. The lowest BCUT2D eigenvalue weighted by Gasteiger charge is -2.13. The van der Waals surface area contributed by atoms with Gasteiger partial charge < -0.3 is 0 Å². The summed E-state index contributed by atoms with van der Waals surface area (Å²) in [5.74, 6) is 0. The minimum atomic E-state index is -0.952. The van der Waals surface area contributed by atoms with Crippen molar-refractivity contribution in [2.45, 2.75) is 39.2 Å². The van der Waals surface area contributed by atoms with E-state index in [-0.39, 0.29) is 0 Å². The molecule has 0 saturated carbocycles.